The lowest BCUT2D eigenvalue weighted by molar-refractivity contribution is 0.0891. The summed E-state index contributed by atoms with van der Waals surface area (Å²) < 4.78 is 18.0. The average molecular weight is 255 g/mol. The lowest BCUT2D eigenvalue weighted by atomic mass is 10.1. The molecule has 0 saturated carbocycles. The molecule has 18 heavy (non-hydrogen) atoms. The van der Waals surface area contributed by atoms with Crippen LogP contribution in [0, 0.1) is 5.82 Å². The summed E-state index contributed by atoms with van der Waals surface area (Å²) in [6.07, 6.45) is 2.66. The second-order valence-electron chi connectivity index (χ2n) is 4.00. The fourth-order valence-electron chi connectivity index (χ4n) is 1.64. The minimum atomic E-state index is -0.590. The lowest BCUT2D eigenvalue weighted by Gasteiger charge is -2.17. The van der Waals surface area contributed by atoms with Gasteiger partial charge in [0, 0.05) is 7.11 Å². The molecule has 1 aromatic rings. The first-order chi connectivity index (χ1) is 8.58. The first-order valence-electron chi connectivity index (χ1n) is 5.79. The van der Waals surface area contributed by atoms with Crippen LogP contribution in [0.1, 0.15) is 30.1 Å². The van der Waals surface area contributed by atoms with E-state index in [4.69, 9.17) is 10.5 Å². The second kappa shape index (κ2) is 6.90. The molecule has 0 radical (unpaired) electrons. The van der Waals surface area contributed by atoms with E-state index in [1.165, 1.54) is 0 Å². The molecule has 1 amide bonds. The molecule has 0 aromatic carbocycles. The van der Waals surface area contributed by atoms with Gasteiger partial charge in [-0.15, -0.1) is 0 Å². The Morgan fingerprint density at radius 1 is 1.67 bits per heavy atom. The SMILES string of the molecule is CCCC(COC)NC(=O)c1cc(F)cnc1N. The molecular weight excluding hydrogens is 237 g/mol. The van der Waals surface area contributed by atoms with Crippen molar-refractivity contribution in [3.63, 3.8) is 0 Å². The number of rotatable bonds is 6. The van der Waals surface area contributed by atoms with Crippen molar-refractivity contribution < 1.29 is 13.9 Å². The van der Waals surface area contributed by atoms with Crippen molar-refractivity contribution in [1.82, 2.24) is 10.3 Å². The quantitative estimate of drug-likeness (QED) is 0.804. The molecule has 1 unspecified atom stereocenters. The minimum absolute atomic E-state index is 0.0153. The maximum Gasteiger partial charge on any atom is 0.255 e. The van der Waals surface area contributed by atoms with Crippen molar-refractivity contribution >= 4 is 11.7 Å². The number of halogens is 1. The van der Waals surface area contributed by atoms with Gasteiger partial charge in [-0.2, -0.15) is 0 Å². The second-order valence-corrected chi connectivity index (χ2v) is 4.00. The molecule has 5 nitrogen and oxygen atoms in total. The number of carbonyl (C=O) groups is 1. The first kappa shape index (κ1) is 14.4. The third-order valence-electron chi connectivity index (χ3n) is 2.47. The van der Waals surface area contributed by atoms with E-state index in [2.05, 4.69) is 10.3 Å². The monoisotopic (exact) mass is 255 g/mol. The van der Waals surface area contributed by atoms with E-state index in [0.717, 1.165) is 25.1 Å². The fourth-order valence-corrected chi connectivity index (χ4v) is 1.64. The van der Waals surface area contributed by atoms with Gasteiger partial charge < -0.3 is 15.8 Å². The van der Waals surface area contributed by atoms with Gasteiger partial charge in [0.05, 0.1) is 24.4 Å². The van der Waals surface area contributed by atoms with Crippen molar-refractivity contribution in [2.45, 2.75) is 25.8 Å². The number of pyridine rings is 1. The number of methoxy groups -OCH3 is 1. The highest BCUT2D eigenvalue weighted by Crippen LogP contribution is 2.10. The number of amides is 1. The Kier molecular flexibility index (Phi) is 5.51. The Morgan fingerprint density at radius 3 is 3.00 bits per heavy atom. The number of nitrogens with zero attached hydrogens (tertiary/aromatic N) is 1. The molecule has 0 spiro atoms. The number of hydrogen-bond donors (Lipinski definition) is 2. The zero-order valence-corrected chi connectivity index (χ0v) is 10.6. The molecule has 1 aromatic heterocycles. The minimum Gasteiger partial charge on any atom is -0.383 e. The Balaban J connectivity index is 2.76. The van der Waals surface area contributed by atoms with Gasteiger partial charge in [0.2, 0.25) is 0 Å². The van der Waals surface area contributed by atoms with Gasteiger partial charge in [0.25, 0.3) is 5.91 Å². The summed E-state index contributed by atoms with van der Waals surface area (Å²) in [5, 5.41) is 2.75. The van der Waals surface area contributed by atoms with Crippen molar-refractivity contribution in [3.05, 3.63) is 23.6 Å². The molecule has 0 saturated heterocycles. The maximum atomic E-state index is 13.0. The summed E-state index contributed by atoms with van der Waals surface area (Å²) in [5.41, 5.74) is 5.59. The molecule has 1 rings (SSSR count). The van der Waals surface area contributed by atoms with Crippen LogP contribution in [0.15, 0.2) is 12.3 Å². The van der Waals surface area contributed by atoms with E-state index in [1.54, 1.807) is 7.11 Å². The fraction of sp³-hybridized carbons (Fsp3) is 0.500. The van der Waals surface area contributed by atoms with E-state index in [-0.39, 0.29) is 17.4 Å². The average Bonchev–Trinajstić information content (AvgIpc) is 2.33. The molecule has 0 aliphatic carbocycles. The van der Waals surface area contributed by atoms with Crippen LogP contribution in [0.5, 0.6) is 0 Å². The van der Waals surface area contributed by atoms with Crippen LogP contribution in [0.4, 0.5) is 10.2 Å². The predicted molar refractivity (Wildman–Crippen MR) is 66.6 cm³/mol. The van der Waals surface area contributed by atoms with E-state index < -0.39 is 11.7 Å². The van der Waals surface area contributed by atoms with Crippen LogP contribution in [0.3, 0.4) is 0 Å². The van der Waals surface area contributed by atoms with Gasteiger partial charge in [0.15, 0.2) is 0 Å². The van der Waals surface area contributed by atoms with Crippen LogP contribution >= 0.6 is 0 Å². The van der Waals surface area contributed by atoms with E-state index in [1.807, 2.05) is 6.92 Å². The highest BCUT2D eigenvalue weighted by Gasteiger charge is 2.16. The van der Waals surface area contributed by atoms with E-state index >= 15 is 0 Å². The number of aromatic nitrogens is 1. The molecule has 100 valence electrons. The molecule has 1 atom stereocenters. The predicted octanol–water partition coefficient (Wildman–Crippen LogP) is 1.35. The summed E-state index contributed by atoms with van der Waals surface area (Å²) in [4.78, 5) is 15.5. The van der Waals surface area contributed by atoms with Crippen molar-refractivity contribution in [1.29, 1.82) is 0 Å². The molecule has 3 N–H and O–H groups in total. The van der Waals surface area contributed by atoms with E-state index in [0.29, 0.717) is 6.61 Å². The Labute approximate surface area is 106 Å². The molecule has 6 heteroatoms. The van der Waals surface area contributed by atoms with Gasteiger partial charge in [-0.05, 0) is 12.5 Å². The van der Waals surface area contributed by atoms with Crippen LogP contribution in [-0.2, 0) is 4.74 Å². The van der Waals surface area contributed by atoms with Crippen LogP contribution in [0.2, 0.25) is 0 Å². The number of nitrogen functional groups attached to an aromatic ring is 1. The summed E-state index contributed by atoms with van der Waals surface area (Å²) in [7, 11) is 1.56. The van der Waals surface area contributed by atoms with Crippen molar-refractivity contribution in [2.75, 3.05) is 19.5 Å². The highest BCUT2D eigenvalue weighted by molar-refractivity contribution is 5.98. The molecular formula is C12H18FN3O2. The Hall–Kier alpha value is -1.69. The van der Waals surface area contributed by atoms with Gasteiger partial charge in [0.1, 0.15) is 11.6 Å². The number of nitrogens with two attached hydrogens (primary N) is 1. The van der Waals surface area contributed by atoms with Crippen LogP contribution in [-0.4, -0.2) is 30.6 Å². The first-order valence-corrected chi connectivity index (χ1v) is 5.79. The lowest BCUT2D eigenvalue weighted by Crippen LogP contribution is -2.38. The summed E-state index contributed by atoms with van der Waals surface area (Å²) in [6.45, 7) is 2.41. The summed E-state index contributed by atoms with van der Waals surface area (Å²) in [5.74, 6) is -1.01. The molecule has 0 fully saturated rings. The number of hydrogen-bond acceptors (Lipinski definition) is 4. The van der Waals surface area contributed by atoms with Gasteiger partial charge >= 0.3 is 0 Å². The normalized spacial score (nSPS) is 12.2. The number of carbonyl (C=O) groups excluding carboxylic acids is 1. The van der Waals surface area contributed by atoms with E-state index in [9.17, 15) is 9.18 Å². The Morgan fingerprint density at radius 2 is 2.39 bits per heavy atom. The molecule has 0 aliphatic heterocycles. The maximum absolute atomic E-state index is 13.0. The van der Waals surface area contributed by atoms with Crippen molar-refractivity contribution in [2.24, 2.45) is 0 Å². The van der Waals surface area contributed by atoms with Gasteiger partial charge in [-0.1, -0.05) is 13.3 Å². The number of nitrogens with one attached hydrogen (secondary N) is 1. The highest BCUT2D eigenvalue weighted by atomic mass is 19.1. The largest absolute Gasteiger partial charge is 0.383 e. The summed E-state index contributed by atoms with van der Waals surface area (Å²) in [6, 6.07) is 0.961. The van der Waals surface area contributed by atoms with Crippen molar-refractivity contribution in [3.8, 4) is 0 Å². The van der Waals surface area contributed by atoms with Gasteiger partial charge in [-0.25, -0.2) is 9.37 Å². The standard InChI is InChI=1S/C12H18FN3O2/c1-3-4-9(7-18-2)16-12(17)10-5-8(13)6-15-11(10)14/h5-6,9H,3-4,7H2,1-2H3,(H2,14,15)(H,16,17). The Bertz CT molecular complexity index is 406. The third-order valence-corrected chi connectivity index (χ3v) is 2.47. The molecule has 0 bridgehead atoms. The number of ether oxygens (including phenoxy) is 1. The van der Waals surface area contributed by atoms with Crippen LogP contribution in [0.25, 0.3) is 0 Å². The zero-order chi connectivity index (χ0) is 13.5. The molecule has 1 heterocycles. The zero-order valence-electron chi connectivity index (χ0n) is 10.6. The van der Waals surface area contributed by atoms with Crippen LogP contribution < -0.4 is 11.1 Å². The topological polar surface area (TPSA) is 77.2 Å². The molecule has 0 aliphatic rings. The van der Waals surface area contributed by atoms with Gasteiger partial charge in [-0.3, -0.25) is 4.79 Å². The number of anilines is 1. The summed E-state index contributed by atoms with van der Waals surface area (Å²) >= 11 is 0. The third kappa shape index (κ3) is 3.96. The smallest absolute Gasteiger partial charge is 0.255 e.